The molecule has 8 nitrogen and oxygen atoms in total. The standard InChI is InChI=1S/C21H30N4O4/c1-2-27-12-13-28-20-19(14-25(24-20)18-10-8-17(22)9-11-18)23-21(26)29-15-16-6-4-3-5-7-16/h3-7,14,17-18H,2,8-13,15,22H2,1H3,(H,23,26). The molecular formula is C21H30N4O4. The van der Waals surface area contributed by atoms with Crippen LogP contribution in [0.25, 0.3) is 0 Å². The van der Waals surface area contributed by atoms with E-state index in [4.69, 9.17) is 19.9 Å². The Hall–Kier alpha value is -2.58. The van der Waals surface area contributed by atoms with E-state index in [-0.39, 0.29) is 18.7 Å². The van der Waals surface area contributed by atoms with Crippen molar-refractivity contribution in [2.75, 3.05) is 25.1 Å². The number of rotatable bonds is 9. The van der Waals surface area contributed by atoms with Crippen molar-refractivity contribution >= 4 is 11.8 Å². The van der Waals surface area contributed by atoms with Gasteiger partial charge >= 0.3 is 6.09 Å². The van der Waals surface area contributed by atoms with E-state index < -0.39 is 6.09 Å². The molecule has 1 fully saturated rings. The van der Waals surface area contributed by atoms with Gasteiger partial charge in [0.05, 0.1) is 18.8 Å². The van der Waals surface area contributed by atoms with Crippen LogP contribution in [-0.4, -0.2) is 41.7 Å². The maximum atomic E-state index is 12.3. The average Bonchev–Trinajstić information content (AvgIpc) is 3.13. The first-order chi connectivity index (χ1) is 14.2. The lowest BCUT2D eigenvalue weighted by molar-refractivity contribution is 0.108. The number of benzene rings is 1. The molecule has 8 heteroatoms. The molecule has 0 bridgehead atoms. The minimum absolute atomic E-state index is 0.196. The lowest BCUT2D eigenvalue weighted by Crippen LogP contribution is -2.28. The van der Waals surface area contributed by atoms with E-state index in [0.29, 0.717) is 31.4 Å². The quantitative estimate of drug-likeness (QED) is 0.623. The van der Waals surface area contributed by atoms with Crippen molar-refractivity contribution in [1.82, 2.24) is 9.78 Å². The molecule has 1 aromatic carbocycles. The van der Waals surface area contributed by atoms with Crippen LogP contribution in [0.15, 0.2) is 36.5 Å². The lowest BCUT2D eigenvalue weighted by Gasteiger charge is -2.26. The Morgan fingerprint density at radius 1 is 1.21 bits per heavy atom. The van der Waals surface area contributed by atoms with Crippen LogP contribution in [0.2, 0.25) is 0 Å². The zero-order chi connectivity index (χ0) is 20.5. The summed E-state index contributed by atoms with van der Waals surface area (Å²) in [5.74, 6) is 0.372. The predicted molar refractivity (Wildman–Crippen MR) is 110 cm³/mol. The molecule has 1 saturated carbocycles. The number of nitrogens with two attached hydrogens (primary N) is 1. The number of ether oxygens (including phenoxy) is 3. The van der Waals surface area contributed by atoms with Crippen molar-refractivity contribution in [2.45, 2.75) is 51.3 Å². The summed E-state index contributed by atoms with van der Waals surface area (Å²) in [6, 6.07) is 10.0. The number of hydrogen-bond donors (Lipinski definition) is 2. The molecule has 1 amide bonds. The maximum Gasteiger partial charge on any atom is 0.412 e. The highest BCUT2D eigenvalue weighted by molar-refractivity contribution is 5.86. The molecule has 3 rings (SSSR count). The minimum atomic E-state index is -0.547. The topological polar surface area (TPSA) is 101 Å². The van der Waals surface area contributed by atoms with Gasteiger partial charge < -0.3 is 19.9 Å². The zero-order valence-corrected chi connectivity index (χ0v) is 16.9. The van der Waals surface area contributed by atoms with Gasteiger partial charge in [0.1, 0.15) is 18.9 Å². The second kappa shape index (κ2) is 10.8. The van der Waals surface area contributed by atoms with Gasteiger partial charge in [-0.25, -0.2) is 4.79 Å². The van der Waals surface area contributed by atoms with E-state index >= 15 is 0 Å². The summed E-state index contributed by atoms with van der Waals surface area (Å²) in [5, 5.41) is 7.31. The first kappa shape index (κ1) is 21.1. The number of carbonyl (C=O) groups is 1. The fourth-order valence-electron chi connectivity index (χ4n) is 3.33. The highest BCUT2D eigenvalue weighted by Crippen LogP contribution is 2.31. The van der Waals surface area contributed by atoms with E-state index in [0.717, 1.165) is 31.2 Å². The third-order valence-corrected chi connectivity index (χ3v) is 4.93. The van der Waals surface area contributed by atoms with Crippen molar-refractivity contribution in [3.05, 3.63) is 42.1 Å². The van der Waals surface area contributed by atoms with Gasteiger partial charge in [-0.15, -0.1) is 5.10 Å². The zero-order valence-electron chi connectivity index (χ0n) is 16.9. The van der Waals surface area contributed by atoms with Crippen molar-refractivity contribution < 1.29 is 19.0 Å². The normalized spacial score (nSPS) is 19.0. The molecule has 1 aromatic heterocycles. The average molecular weight is 402 g/mol. The van der Waals surface area contributed by atoms with Gasteiger partial charge in [-0.2, -0.15) is 0 Å². The summed E-state index contributed by atoms with van der Waals surface area (Å²) in [4.78, 5) is 12.3. The molecule has 2 aromatic rings. The third-order valence-electron chi connectivity index (χ3n) is 4.93. The molecule has 0 aliphatic heterocycles. The summed E-state index contributed by atoms with van der Waals surface area (Å²) in [6.07, 6.45) is 5.10. The molecule has 3 N–H and O–H groups in total. The number of amides is 1. The summed E-state index contributed by atoms with van der Waals surface area (Å²) in [6.45, 7) is 3.56. The van der Waals surface area contributed by atoms with E-state index in [2.05, 4.69) is 10.4 Å². The van der Waals surface area contributed by atoms with Crippen molar-refractivity contribution in [3.63, 3.8) is 0 Å². The Balaban J connectivity index is 1.63. The second-order valence-electron chi connectivity index (χ2n) is 7.13. The third kappa shape index (κ3) is 6.47. The van der Waals surface area contributed by atoms with Crippen LogP contribution in [0.1, 0.15) is 44.2 Å². The molecule has 0 spiro atoms. The summed E-state index contributed by atoms with van der Waals surface area (Å²) in [5.41, 5.74) is 7.43. The predicted octanol–water partition coefficient (Wildman–Crippen LogP) is 3.49. The Kier molecular flexibility index (Phi) is 7.89. The number of nitrogens with one attached hydrogen (secondary N) is 1. The molecule has 1 heterocycles. The maximum absolute atomic E-state index is 12.3. The number of hydrogen-bond acceptors (Lipinski definition) is 6. The van der Waals surface area contributed by atoms with Crippen LogP contribution in [-0.2, 0) is 16.1 Å². The van der Waals surface area contributed by atoms with E-state index in [1.54, 1.807) is 6.20 Å². The van der Waals surface area contributed by atoms with Crippen LogP contribution in [0, 0.1) is 0 Å². The van der Waals surface area contributed by atoms with Crippen molar-refractivity contribution in [2.24, 2.45) is 5.73 Å². The first-order valence-electron chi connectivity index (χ1n) is 10.2. The SMILES string of the molecule is CCOCCOc1nn(C2CCC(N)CC2)cc1NC(=O)OCc1ccccc1. The Labute approximate surface area is 171 Å². The van der Waals surface area contributed by atoms with Gasteiger partial charge in [-0.05, 0) is 38.2 Å². The van der Waals surface area contributed by atoms with Crippen LogP contribution in [0.5, 0.6) is 5.88 Å². The van der Waals surface area contributed by atoms with Gasteiger partial charge in [0, 0.05) is 12.6 Å². The fraction of sp³-hybridized carbons (Fsp3) is 0.524. The van der Waals surface area contributed by atoms with E-state index in [9.17, 15) is 4.79 Å². The Bertz CT molecular complexity index is 757. The molecular weight excluding hydrogens is 372 g/mol. The van der Waals surface area contributed by atoms with Crippen LogP contribution >= 0.6 is 0 Å². The number of carbonyl (C=O) groups excluding carboxylic acids is 1. The first-order valence-corrected chi connectivity index (χ1v) is 10.2. The molecule has 1 aliphatic rings. The van der Waals surface area contributed by atoms with Crippen molar-refractivity contribution in [3.8, 4) is 5.88 Å². The van der Waals surface area contributed by atoms with Gasteiger partial charge in [0.25, 0.3) is 5.88 Å². The minimum Gasteiger partial charge on any atom is -0.473 e. The number of anilines is 1. The summed E-state index contributed by atoms with van der Waals surface area (Å²) < 4.78 is 18.2. The highest BCUT2D eigenvalue weighted by Gasteiger charge is 2.23. The Morgan fingerprint density at radius 2 is 1.97 bits per heavy atom. The van der Waals surface area contributed by atoms with Gasteiger partial charge in [0.15, 0.2) is 0 Å². The molecule has 0 unspecified atom stereocenters. The summed E-state index contributed by atoms with van der Waals surface area (Å²) in [7, 11) is 0. The smallest absolute Gasteiger partial charge is 0.412 e. The van der Waals surface area contributed by atoms with Crippen molar-refractivity contribution in [1.29, 1.82) is 0 Å². The molecule has 0 atom stereocenters. The van der Waals surface area contributed by atoms with Gasteiger partial charge in [-0.1, -0.05) is 30.3 Å². The summed E-state index contributed by atoms with van der Waals surface area (Å²) >= 11 is 0. The molecule has 29 heavy (non-hydrogen) atoms. The number of aromatic nitrogens is 2. The lowest BCUT2D eigenvalue weighted by atomic mass is 9.92. The Morgan fingerprint density at radius 3 is 2.69 bits per heavy atom. The molecule has 0 radical (unpaired) electrons. The van der Waals surface area contributed by atoms with Gasteiger partial charge in [0.2, 0.25) is 0 Å². The van der Waals surface area contributed by atoms with Crippen LogP contribution in [0.4, 0.5) is 10.5 Å². The number of nitrogens with zero attached hydrogens (tertiary/aromatic N) is 2. The highest BCUT2D eigenvalue weighted by atomic mass is 16.6. The second-order valence-corrected chi connectivity index (χ2v) is 7.13. The monoisotopic (exact) mass is 402 g/mol. The van der Waals surface area contributed by atoms with Crippen LogP contribution < -0.4 is 15.8 Å². The molecule has 1 aliphatic carbocycles. The fourth-order valence-corrected chi connectivity index (χ4v) is 3.33. The largest absolute Gasteiger partial charge is 0.473 e. The van der Waals surface area contributed by atoms with E-state index in [1.807, 2.05) is 41.9 Å². The van der Waals surface area contributed by atoms with E-state index in [1.165, 1.54) is 0 Å². The molecule has 0 saturated heterocycles. The molecule has 158 valence electrons. The van der Waals surface area contributed by atoms with Gasteiger partial charge in [-0.3, -0.25) is 10.00 Å². The van der Waals surface area contributed by atoms with Crippen LogP contribution in [0.3, 0.4) is 0 Å².